The number of carboxylic acid groups (broad SMARTS) is 1. The van der Waals surface area contributed by atoms with Crippen molar-refractivity contribution in [2.24, 2.45) is 0 Å². The number of rotatable bonds is 4. The topological polar surface area (TPSA) is 37.3 Å². The summed E-state index contributed by atoms with van der Waals surface area (Å²) in [6.07, 6.45) is 2.83. The van der Waals surface area contributed by atoms with Crippen molar-refractivity contribution in [1.82, 2.24) is 0 Å². The van der Waals surface area contributed by atoms with Crippen LogP contribution in [0.3, 0.4) is 0 Å². The van der Waals surface area contributed by atoms with Gasteiger partial charge in [0.2, 0.25) is 0 Å². The Kier molecular flexibility index (Phi) is 3.63. The number of unbranched alkanes of at least 4 members (excludes halogenated alkanes) is 1. The van der Waals surface area contributed by atoms with Crippen molar-refractivity contribution >= 4 is 5.97 Å². The SMILES string of the molecule is CCCCc1ccc(C(=O)O)c(F)c1. The number of aryl methyl sites for hydroxylation is 1. The second kappa shape index (κ2) is 4.74. The molecule has 3 heteroatoms. The normalized spacial score (nSPS) is 10.1. The number of carbonyl (C=O) groups is 1. The number of benzene rings is 1. The molecule has 1 aromatic carbocycles. The summed E-state index contributed by atoms with van der Waals surface area (Å²) in [6.45, 7) is 2.06. The lowest BCUT2D eigenvalue weighted by molar-refractivity contribution is 0.0692. The maximum absolute atomic E-state index is 13.1. The molecular formula is C11H13FO2. The summed E-state index contributed by atoms with van der Waals surface area (Å²) in [5.74, 6) is -1.87. The summed E-state index contributed by atoms with van der Waals surface area (Å²) in [7, 11) is 0. The number of hydrogen-bond acceptors (Lipinski definition) is 1. The van der Waals surface area contributed by atoms with E-state index in [1.807, 2.05) is 0 Å². The Hall–Kier alpha value is -1.38. The maximum atomic E-state index is 13.1. The minimum Gasteiger partial charge on any atom is -0.478 e. The van der Waals surface area contributed by atoms with Crippen LogP contribution in [0, 0.1) is 5.82 Å². The minimum atomic E-state index is -1.22. The van der Waals surface area contributed by atoms with Crippen LogP contribution >= 0.6 is 0 Å². The van der Waals surface area contributed by atoms with Gasteiger partial charge in [0.1, 0.15) is 5.82 Å². The Morgan fingerprint density at radius 1 is 1.50 bits per heavy atom. The Labute approximate surface area is 82.4 Å². The van der Waals surface area contributed by atoms with Crippen molar-refractivity contribution in [1.29, 1.82) is 0 Å². The largest absolute Gasteiger partial charge is 0.478 e. The standard InChI is InChI=1S/C11H13FO2/c1-2-3-4-8-5-6-9(11(13)14)10(12)7-8/h5-7H,2-4H2,1H3,(H,13,14). The highest BCUT2D eigenvalue weighted by molar-refractivity contribution is 5.87. The minimum absolute atomic E-state index is 0.259. The van der Waals surface area contributed by atoms with Gasteiger partial charge in [-0.1, -0.05) is 19.4 Å². The van der Waals surface area contributed by atoms with E-state index in [0.29, 0.717) is 0 Å². The van der Waals surface area contributed by atoms with Gasteiger partial charge in [-0.2, -0.15) is 0 Å². The van der Waals surface area contributed by atoms with E-state index in [4.69, 9.17) is 5.11 Å². The highest BCUT2D eigenvalue weighted by Gasteiger charge is 2.09. The van der Waals surface area contributed by atoms with Crippen LogP contribution in [0.15, 0.2) is 18.2 Å². The average Bonchev–Trinajstić information content (AvgIpc) is 2.14. The lowest BCUT2D eigenvalue weighted by Gasteiger charge is -2.02. The van der Waals surface area contributed by atoms with E-state index in [-0.39, 0.29) is 5.56 Å². The Balaban J connectivity index is 2.83. The molecule has 0 atom stereocenters. The Bertz CT molecular complexity index is 334. The summed E-state index contributed by atoms with van der Waals surface area (Å²) >= 11 is 0. The van der Waals surface area contributed by atoms with E-state index >= 15 is 0 Å². The number of aromatic carboxylic acids is 1. The quantitative estimate of drug-likeness (QED) is 0.803. The van der Waals surface area contributed by atoms with Crippen LogP contribution in [-0.4, -0.2) is 11.1 Å². The molecule has 0 saturated carbocycles. The number of halogens is 1. The fraction of sp³-hybridized carbons (Fsp3) is 0.364. The van der Waals surface area contributed by atoms with E-state index < -0.39 is 11.8 Å². The first-order valence-electron chi connectivity index (χ1n) is 4.67. The molecule has 0 saturated heterocycles. The second-order valence-corrected chi connectivity index (χ2v) is 3.22. The molecule has 0 fully saturated rings. The summed E-state index contributed by atoms with van der Waals surface area (Å²) < 4.78 is 13.1. The molecule has 0 unspecified atom stereocenters. The molecule has 0 heterocycles. The number of carboxylic acids is 1. The summed E-state index contributed by atoms with van der Waals surface area (Å²) in [5, 5.41) is 8.59. The zero-order valence-corrected chi connectivity index (χ0v) is 8.09. The van der Waals surface area contributed by atoms with Gasteiger partial charge >= 0.3 is 5.97 Å². The predicted octanol–water partition coefficient (Wildman–Crippen LogP) is 2.87. The van der Waals surface area contributed by atoms with E-state index in [1.165, 1.54) is 12.1 Å². The first-order valence-corrected chi connectivity index (χ1v) is 4.67. The lowest BCUT2D eigenvalue weighted by atomic mass is 10.1. The molecule has 0 aliphatic carbocycles. The molecular weight excluding hydrogens is 183 g/mol. The van der Waals surface area contributed by atoms with Crippen LogP contribution in [0.5, 0.6) is 0 Å². The van der Waals surface area contributed by atoms with Gasteiger partial charge in [-0.05, 0) is 30.5 Å². The van der Waals surface area contributed by atoms with E-state index in [1.54, 1.807) is 6.07 Å². The molecule has 0 aromatic heterocycles. The van der Waals surface area contributed by atoms with Gasteiger partial charge < -0.3 is 5.11 Å². The van der Waals surface area contributed by atoms with Gasteiger partial charge in [0.05, 0.1) is 5.56 Å². The molecule has 0 aliphatic heterocycles. The first kappa shape index (κ1) is 10.7. The molecule has 0 bridgehead atoms. The Morgan fingerprint density at radius 3 is 2.71 bits per heavy atom. The highest BCUT2D eigenvalue weighted by Crippen LogP contribution is 2.12. The maximum Gasteiger partial charge on any atom is 0.338 e. The van der Waals surface area contributed by atoms with Crippen molar-refractivity contribution in [2.45, 2.75) is 26.2 Å². The third-order valence-electron chi connectivity index (χ3n) is 2.08. The smallest absolute Gasteiger partial charge is 0.338 e. The van der Waals surface area contributed by atoms with Crippen LogP contribution < -0.4 is 0 Å². The highest BCUT2D eigenvalue weighted by atomic mass is 19.1. The second-order valence-electron chi connectivity index (χ2n) is 3.22. The van der Waals surface area contributed by atoms with Crippen LogP contribution in [0.25, 0.3) is 0 Å². The van der Waals surface area contributed by atoms with Gasteiger partial charge in [-0.15, -0.1) is 0 Å². The van der Waals surface area contributed by atoms with Gasteiger partial charge in [-0.25, -0.2) is 9.18 Å². The van der Waals surface area contributed by atoms with E-state index in [0.717, 1.165) is 24.8 Å². The predicted molar refractivity (Wildman–Crippen MR) is 52.0 cm³/mol. The van der Waals surface area contributed by atoms with Gasteiger partial charge in [-0.3, -0.25) is 0 Å². The van der Waals surface area contributed by atoms with E-state index in [2.05, 4.69) is 6.92 Å². The third kappa shape index (κ3) is 2.55. The Morgan fingerprint density at radius 2 is 2.21 bits per heavy atom. The molecule has 0 aliphatic rings. The number of hydrogen-bond donors (Lipinski definition) is 1. The molecule has 0 amide bonds. The summed E-state index contributed by atoms with van der Waals surface area (Å²) in [6, 6.07) is 4.30. The van der Waals surface area contributed by atoms with Crippen LogP contribution in [0.4, 0.5) is 4.39 Å². The molecule has 1 aromatic rings. The van der Waals surface area contributed by atoms with Crippen molar-refractivity contribution in [3.63, 3.8) is 0 Å². The third-order valence-corrected chi connectivity index (χ3v) is 2.08. The summed E-state index contributed by atoms with van der Waals surface area (Å²) in [4.78, 5) is 10.5. The van der Waals surface area contributed by atoms with Gasteiger partial charge in [0.15, 0.2) is 0 Å². The molecule has 1 N–H and O–H groups in total. The average molecular weight is 196 g/mol. The van der Waals surface area contributed by atoms with Gasteiger partial charge in [0.25, 0.3) is 0 Å². The zero-order valence-electron chi connectivity index (χ0n) is 8.09. The van der Waals surface area contributed by atoms with Crippen molar-refractivity contribution < 1.29 is 14.3 Å². The fourth-order valence-corrected chi connectivity index (χ4v) is 1.27. The molecule has 1 rings (SSSR count). The van der Waals surface area contributed by atoms with Crippen LogP contribution in [0.2, 0.25) is 0 Å². The monoisotopic (exact) mass is 196 g/mol. The first-order chi connectivity index (χ1) is 6.65. The molecule has 0 radical (unpaired) electrons. The van der Waals surface area contributed by atoms with Gasteiger partial charge in [0, 0.05) is 0 Å². The van der Waals surface area contributed by atoms with E-state index in [9.17, 15) is 9.18 Å². The van der Waals surface area contributed by atoms with Crippen molar-refractivity contribution in [3.8, 4) is 0 Å². The molecule has 14 heavy (non-hydrogen) atoms. The van der Waals surface area contributed by atoms with Crippen LogP contribution in [0.1, 0.15) is 35.7 Å². The molecule has 2 nitrogen and oxygen atoms in total. The fourth-order valence-electron chi connectivity index (χ4n) is 1.27. The lowest BCUT2D eigenvalue weighted by Crippen LogP contribution is -2.01. The van der Waals surface area contributed by atoms with Crippen molar-refractivity contribution in [2.75, 3.05) is 0 Å². The van der Waals surface area contributed by atoms with Crippen molar-refractivity contribution in [3.05, 3.63) is 35.1 Å². The van der Waals surface area contributed by atoms with Crippen LogP contribution in [-0.2, 0) is 6.42 Å². The molecule has 0 spiro atoms. The summed E-state index contributed by atoms with van der Waals surface area (Å²) in [5.41, 5.74) is 0.597. The molecule has 76 valence electrons. The zero-order chi connectivity index (χ0) is 10.6.